The van der Waals surface area contributed by atoms with Gasteiger partial charge in [-0.3, -0.25) is 9.36 Å². The van der Waals surface area contributed by atoms with Gasteiger partial charge in [0.15, 0.2) is 0 Å². The molecule has 166 valence electrons. The number of hydrogen-bond donors (Lipinski definition) is 0. The van der Waals surface area contributed by atoms with Crippen molar-refractivity contribution in [1.82, 2.24) is 14.2 Å². The lowest BCUT2D eigenvalue weighted by molar-refractivity contribution is 0.0523. The zero-order chi connectivity index (χ0) is 22.8. The molecule has 5 aromatic rings. The Hall–Kier alpha value is -3.91. The highest BCUT2D eigenvalue weighted by atomic mass is 32.1. The molecule has 0 aliphatic carbocycles. The molecule has 0 saturated heterocycles. The number of nitrogens with zero attached hydrogens (tertiary/aromatic N) is 3. The van der Waals surface area contributed by atoms with E-state index in [1.165, 1.54) is 11.3 Å². The molecule has 0 fully saturated rings. The maximum atomic E-state index is 13.7. The van der Waals surface area contributed by atoms with Crippen LogP contribution in [0.4, 0.5) is 0 Å². The molecule has 5 rings (SSSR count). The Labute approximate surface area is 193 Å². The zero-order valence-corrected chi connectivity index (χ0v) is 18.7. The summed E-state index contributed by atoms with van der Waals surface area (Å²) in [4.78, 5) is 26.6. The summed E-state index contributed by atoms with van der Waals surface area (Å²) in [5.41, 5.74) is 3.16. The minimum absolute atomic E-state index is 0.00345. The highest BCUT2D eigenvalue weighted by Crippen LogP contribution is 2.31. The van der Waals surface area contributed by atoms with Crippen LogP contribution in [0.15, 0.2) is 77.2 Å². The first-order valence-corrected chi connectivity index (χ1v) is 11.4. The maximum absolute atomic E-state index is 13.7. The summed E-state index contributed by atoms with van der Waals surface area (Å²) in [6.45, 7) is 2.40. The van der Waals surface area contributed by atoms with Gasteiger partial charge in [0.05, 0.1) is 35.1 Å². The number of esters is 1. The second-order valence-corrected chi connectivity index (χ2v) is 8.34. The average molecular weight is 460 g/mol. The third-order valence-corrected chi connectivity index (χ3v) is 6.29. The van der Waals surface area contributed by atoms with Crippen molar-refractivity contribution in [2.75, 3.05) is 6.61 Å². The van der Waals surface area contributed by atoms with E-state index < -0.39 is 5.97 Å². The van der Waals surface area contributed by atoms with Crippen LogP contribution in [0, 0.1) is 0 Å². The fourth-order valence-electron chi connectivity index (χ4n) is 3.83. The van der Waals surface area contributed by atoms with E-state index >= 15 is 0 Å². The molecule has 0 bridgehead atoms. The molecule has 8 heteroatoms. The number of pyridine rings is 2. The quantitative estimate of drug-likeness (QED) is 0.335. The van der Waals surface area contributed by atoms with Gasteiger partial charge in [-0.25, -0.2) is 9.31 Å². The van der Waals surface area contributed by atoms with Crippen LogP contribution in [0.3, 0.4) is 0 Å². The minimum atomic E-state index is -0.562. The summed E-state index contributed by atoms with van der Waals surface area (Å²) < 4.78 is 15.3. The van der Waals surface area contributed by atoms with Crippen molar-refractivity contribution in [3.05, 3.63) is 99.4 Å². The molecule has 0 amide bonds. The number of aromatic nitrogens is 3. The summed E-state index contributed by atoms with van der Waals surface area (Å²) in [5.74, 6) is -0.558. The Morgan fingerprint density at radius 1 is 1.06 bits per heavy atom. The topological polar surface area (TPSA) is 74.8 Å². The first-order valence-electron chi connectivity index (χ1n) is 10.6. The van der Waals surface area contributed by atoms with Crippen LogP contribution in [0.2, 0.25) is 0 Å². The van der Waals surface area contributed by atoms with Gasteiger partial charge in [-0.2, -0.15) is 5.10 Å². The standard InChI is InChI=1S/C25H21N3O4S/c1-2-31-25(30)21-22(32-16-17-8-4-3-5-9-17)24(29)27(20-11-13-33-23(20)21)15-18-14-26-28-12-7-6-10-19(18)28/h3-14H,2,15-16H2,1H3. The van der Waals surface area contributed by atoms with E-state index in [0.29, 0.717) is 16.8 Å². The van der Waals surface area contributed by atoms with Crippen molar-refractivity contribution in [3.8, 4) is 5.75 Å². The highest BCUT2D eigenvalue weighted by Gasteiger charge is 2.26. The Morgan fingerprint density at radius 2 is 1.88 bits per heavy atom. The summed E-state index contributed by atoms with van der Waals surface area (Å²) in [5, 5.41) is 6.24. The lowest BCUT2D eigenvalue weighted by atomic mass is 10.2. The van der Waals surface area contributed by atoms with Crippen LogP contribution < -0.4 is 10.3 Å². The van der Waals surface area contributed by atoms with Crippen molar-refractivity contribution in [2.45, 2.75) is 20.1 Å². The summed E-state index contributed by atoms with van der Waals surface area (Å²) in [7, 11) is 0. The van der Waals surface area contributed by atoms with Crippen molar-refractivity contribution in [2.24, 2.45) is 0 Å². The van der Waals surface area contributed by atoms with Gasteiger partial charge < -0.3 is 9.47 Å². The first kappa shape index (κ1) is 21.0. The fourth-order valence-corrected chi connectivity index (χ4v) is 4.76. The maximum Gasteiger partial charge on any atom is 0.343 e. The molecule has 7 nitrogen and oxygen atoms in total. The normalized spacial score (nSPS) is 11.2. The monoisotopic (exact) mass is 459 g/mol. The molecule has 0 spiro atoms. The molecular weight excluding hydrogens is 438 g/mol. The molecule has 4 heterocycles. The third kappa shape index (κ3) is 3.89. The molecular formula is C25H21N3O4S. The predicted octanol–water partition coefficient (Wildman–Crippen LogP) is 4.51. The van der Waals surface area contributed by atoms with E-state index in [9.17, 15) is 9.59 Å². The van der Waals surface area contributed by atoms with Gasteiger partial charge in [0, 0.05) is 11.8 Å². The van der Waals surface area contributed by atoms with E-state index in [4.69, 9.17) is 9.47 Å². The van der Waals surface area contributed by atoms with Gasteiger partial charge in [0.25, 0.3) is 5.56 Å². The second kappa shape index (κ2) is 8.91. The lowest BCUT2D eigenvalue weighted by Crippen LogP contribution is -2.26. The molecule has 1 aromatic carbocycles. The first-order chi connectivity index (χ1) is 16.2. The number of carbonyl (C=O) groups excluding carboxylic acids is 1. The van der Waals surface area contributed by atoms with E-state index in [0.717, 1.165) is 16.6 Å². The van der Waals surface area contributed by atoms with Crippen LogP contribution >= 0.6 is 11.3 Å². The highest BCUT2D eigenvalue weighted by molar-refractivity contribution is 7.17. The molecule has 33 heavy (non-hydrogen) atoms. The van der Waals surface area contributed by atoms with Gasteiger partial charge in [0.2, 0.25) is 5.75 Å². The van der Waals surface area contributed by atoms with Crippen LogP contribution in [-0.2, 0) is 17.9 Å². The summed E-state index contributed by atoms with van der Waals surface area (Å²) in [6.07, 6.45) is 3.61. The molecule has 0 atom stereocenters. The van der Waals surface area contributed by atoms with Gasteiger partial charge in [-0.15, -0.1) is 11.3 Å². The second-order valence-electron chi connectivity index (χ2n) is 7.43. The van der Waals surface area contributed by atoms with Crippen LogP contribution in [0.1, 0.15) is 28.4 Å². The lowest BCUT2D eigenvalue weighted by Gasteiger charge is -2.15. The van der Waals surface area contributed by atoms with Gasteiger partial charge >= 0.3 is 5.97 Å². The van der Waals surface area contributed by atoms with Crippen molar-refractivity contribution < 1.29 is 14.3 Å². The van der Waals surface area contributed by atoms with E-state index in [2.05, 4.69) is 5.10 Å². The largest absolute Gasteiger partial charge is 0.482 e. The van der Waals surface area contributed by atoms with Crippen molar-refractivity contribution in [1.29, 1.82) is 0 Å². The molecule has 0 unspecified atom stereocenters. The third-order valence-electron chi connectivity index (χ3n) is 5.37. The van der Waals surface area contributed by atoms with E-state index in [1.54, 1.807) is 22.2 Å². The predicted molar refractivity (Wildman–Crippen MR) is 127 cm³/mol. The molecule has 0 radical (unpaired) electrons. The van der Waals surface area contributed by atoms with Gasteiger partial charge in [0.1, 0.15) is 12.2 Å². The number of fused-ring (bicyclic) bond motifs is 2. The zero-order valence-electron chi connectivity index (χ0n) is 17.9. The Morgan fingerprint density at radius 3 is 2.70 bits per heavy atom. The smallest absolute Gasteiger partial charge is 0.343 e. The van der Waals surface area contributed by atoms with Crippen LogP contribution in [0.25, 0.3) is 15.7 Å². The average Bonchev–Trinajstić information content (AvgIpc) is 3.48. The fraction of sp³-hybridized carbons (Fsp3) is 0.160. The van der Waals surface area contributed by atoms with Crippen molar-refractivity contribution in [3.63, 3.8) is 0 Å². The SMILES string of the molecule is CCOC(=O)c1c(OCc2ccccc2)c(=O)n(Cc2cnn3ccccc23)c2ccsc12. The Balaban J connectivity index is 1.65. The van der Waals surface area contributed by atoms with Crippen LogP contribution in [-0.4, -0.2) is 26.8 Å². The molecule has 0 aliphatic rings. The molecule has 4 aromatic heterocycles. The van der Waals surface area contributed by atoms with E-state index in [-0.39, 0.29) is 30.1 Å². The summed E-state index contributed by atoms with van der Waals surface area (Å²) in [6, 6.07) is 17.2. The molecule has 0 aliphatic heterocycles. The number of carbonyl (C=O) groups is 1. The van der Waals surface area contributed by atoms with Crippen molar-refractivity contribution >= 4 is 33.0 Å². The molecule has 0 saturated carbocycles. The van der Waals surface area contributed by atoms with Gasteiger partial charge in [-0.1, -0.05) is 36.4 Å². The number of ether oxygens (including phenoxy) is 2. The minimum Gasteiger partial charge on any atom is -0.482 e. The van der Waals surface area contributed by atoms with Gasteiger partial charge in [-0.05, 0) is 36.1 Å². The summed E-state index contributed by atoms with van der Waals surface area (Å²) >= 11 is 1.38. The number of benzene rings is 1. The number of thiophene rings is 1. The Bertz CT molecular complexity index is 1500. The van der Waals surface area contributed by atoms with E-state index in [1.807, 2.05) is 66.2 Å². The Kier molecular flexibility index (Phi) is 5.66. The number of rotatable bonds is 7. The molecule has 0 N–H and O–H groups in total. The van der Waals surface area contributed by atoms with Crippen LogP contribution in [0.5, 0.6) is 5.75 Å². The number of hydrogen-bond acceptors (Lipinski definition) is 6.